The summed E-state index contributed by atoms with van der Waals surface area (Å²) in [6.07, 6.45) is 45.2. The summed E-state index contributed by atoms with van der Waals surface area (Å²) in [5.41, 5.74) is 0. The average Bonchev–Trinajstić information content (AvgIpc) is 3.01. The number of carbonyl (C=O) groups is 1. The number of unbranched alkanes of at least 4 members (excludes halogenated alkanes) is 22. The molecule has 4 heteroatoms. The van der Waals surface area contributed by atoms with Crippen molar-refractivity contribution in [3.63, 3.8) is 0 Å². The third kappa shape index (κ3) is 31.8. The van der Waals surface area contributed by atoms with Crippen LogP contribution in [0, 0.1) is 0 Å². The minimum absolute atomic E-state index is 0.0780. The number of hydrogen-bond acceptors (Lipinski definition) is 3. The molecule has 0 saturated heterocycles. The van der Waals surface area contributed by atoms with Crippen LogP contribution in [0.4, 0.5) is 0 Å². The Morgan fingerprint density at radius 2 is 0.907 bits per heavy atom. The first-order valence-electron chi connectivity index (χ1n) is 18.7. The van der Waals surface area contributed by atoms with Crippen molar-refractivity contribution in [2.24, 2.45) is 0 Å². The molecule has 0 radical (unpaired) electrons. The van der Waals surface area contributed by atoms with Gasteiger partial charge >= 0.3 is 0 Å². The number of aliphatic hydroxyl groups is 2. The summed E-state index contributed by atoms with van der Waals surface area (Å²) in [6.45, 7) is 4.25. The molecule has 0 aliphatic heterocycles. The van der Waals surface area contributed by atoms with Crippen LogP contribution in [-0.2, 0) is 4.79 Å². The Morgan fingerprint density at radius 1 is 0.535 bits per heavy atom. The second-order valence-corrected chi connectivity index (χ2v) is 12.6. The molecule has 1 amide bonds. The van der Waals surface area contributed by atoms with Crippen molar-refractivity contribution >= 4 is 5.91 Å². The number of amides is 1. The van der Waals surface area contributed by atoms with Gasteiger partial charge in [-0.05, 0) is 57.8 Å². The lowest BCUT2D eigenvalue weighted by molar-refractivity contribution is -0.123. The van der Waals surface area contributed by atoms with E-state index in [-0.39, 0.29) is 12.5 Å². The lowest BCUT2D eigenvalue weighted by Gasteiger charge is -2.19. The van der Waals surface area contributed by atoms with Crippen LogP contribution in [0.15, 0.2) is 36.5 Å². The zero-order chi connectivity index (χ0) is 31.5. The van der Waals surface area contributed by atoms with E-state index in [0.717, 1.165) is 32.1 Å². The van der Waals surface area contributed by atoms with Gasteiger partial charge in [0.25, 0.3) is 0 Å². The molecule has 0 rings (SSSR count). The van der Waals surface area contributed by atoms with Crippen LogP contribution in [0.3, 0.4) is 0 Å². The van der Waals surface area contributed by atoms with Crippen LogP contribution in [0.5, 0.6) is 0 Å². The van der Waals surface area contributed by atoms with Gasteiger partial charge in [0.2, 0.25) is 5.91 Å². The molecule has 0 spiro atoms. The number of hydrogen-bond donors (Lipinski definition) is 3. The summed E-state index contributed by atoms with van der Waals surface area (Å²) in [5, 5.41) is 22.8. The van der Waals surface area contributed by atoms with Crippen LogP contribution >= 0.6 is 0 Å². The predicted octanol–water partition coefficient (Wildman–Crippen LogP) is 11.1. The highest BCUT2D eigenvalue weighted by atomic mass is 16.3. The van der Waals surface area contributed by atoms with Gasteiger partial charge in [0.15, 0.2) is 0 Å². The Hall–Kier alpha value is -1.39. The summed E-state index contributed by atoms with van der Waals surface area (Å²) in [4.78, 5) is 12.3. The molecule has 43 heavy (non-hydrogen) atoms. The number of aliphatic hydroxyl groups excluding tert-OH is 2. The molecule has 252 valence electrons. The molecule has 0 saturated carbocycles. The van der Waals surface area contributed by atoms with Gasteiger partial charge < -0.3 is 15.5 Å². The predicted molar refractivity (Wildman–Crippen MR) is 188 cm³/mol. The first kappa shape index (κ1) is 41.6. The lowest BCUT2D eigenvalue weighted by Crippen LogP contribution is -2.45. The summed E-state index contributed by atoms with van der Waals surface area (Å²) in [6, 6.07) is -0.635. The van der Waals surface area contributed by atoms with Crippen LogP contribution in [0.25, 0.3) is 0 Å². The zero-order valence-electron chi connectivity index (χ0n) is 28.7. The minimum Gasteiger partial charge on any atom is -0.394 e. The molecule has 0 aliphatic carbocycles. The summed E-state index contributed by atoms with van der Waals surface area (Å²) >= 11 is 0. The van der Waals surface area contributed by atoms with E-state index < -0.39 is 12.1 Å². The first-order valence-corrected chi connectivity index (χ1v) is 18.7. The molecule has 0 heterocycles. The molecular weight excluding hydrogens is 530 g/mol. The average molecular weight is 604 g/mol. The summed E-state index contributed by atoms with van der Waals surface area (Å²) in [7, 11) is 0. The van der Waals surface area contributed by atoms with E-state index in [4.69, 9.17) is 0 Å². The summed E-state index contributed by atoms with van der Waals surface area (Å²) < 4.78 is 0. The van der Waals surface area contributed by atoms with Gasteiger partial charge in [0.1, 0.15) is 0 Å². The number of rotatable bonds is 33. The maximum Gasteiger partial charge on any atom is 0.220 e. The molecular formula is C39H73NO3. The van der Waals surface area contributed by atoms with Crippen LogP contribution in [-0.4, -0.2) is 34.9 Å². The fraction of sp³-hybridized carbons (Fsp3) is 0.821. The third-order valence-electron chi connectivity index (χ3n) is 8.35. The van der Waals surface area contributed by atoms with E-state index in [1.54, 1.807) is 6.08 Å². The maximum absolute atomic E-state index is 12.3. The first-order chi connectivity index (χ1) is 21.2. The number of nitrogens with one attached hydrogen (secondary N) is 1. The molecule has 0 bridgehead atoms. The SMILES string of the molecule is CCCCCC/C=C/CC/C=C/[C@@H](O)[C@H](CO)NC(=O)CCCCCCCCCCCCC/C=C/CCCCCCCC. The summed E-state index contributed by atoms with van der Waals surface area (Å²) in [5.74, 6) is -0.0780. The molecule has 0 aromatic heterocycles. The third-order valence-corrected chi connectivity index (χ3v) is 8.35. The van der Waals surface area contributed by atoms with Crippen molar-refractivity contribution in [3.05, 3.63) is 36.5 Å². The smallest absolute Gasteiger partial charge is 0.220 e. The van der Waals surface area contributed by atoms with E-state index in [1.165, 1.54) is 135 Å². The minimum atomic E-state index is -0.858. The van der Waals surface area contributed by atoms with Crippen molar-refractivity contribution in [2.75, 3.05) is 6.61 Å². The normalized spacial score (nSPS) is 13.5. The van der Waals surface area contributed by atoms with Gasteiger partial charge in [-0.2, -0.15) is 0 Å². The van der Waals surface area contributed by atoms with Crippen LogP contribution in [0.1, 0.15) is 187 Å². The fourth-order valence-corrected chi connectivity index (χ4v) is 5.42. The largest absolute Gasteiger partial charge is 0.394 e. The van der Waals surface area contributed by atoms with Crippen molar-refractivity contribution in [1.82, 2.24) is 5.32 Å². The second-order valence-electron chi connectivity index (χ2n) is 12.6. The van der Waals surface area contributed by atoms with Gasteiger partial charge in [-0.3, -0.25) is 4.79 Å². The number of allylic oxidation sites excluding steroid dienone is 5. The van der Waals surface area contributed by atoms with Crippen molar-refractivity contribution in [3.8, 4) is 0 Å². The molecule has 2 atom stereocenters. The van der Waals surface area contributed by atoms with Gasteiger partial charge in [0, 0.05) is 6.42 Å². The highest BCUT2D eigenvalue weighted by Gasteiger charge is 2.17. The van der Waals surface area contributed by atoms with E-state index in [1.807, 2.05) is 6.08 Å². The second kappa shape index (κ2) is 35.1. The van der Waals surface area contributed by atoms with Crippen molar-refractivity contribution in [2.45, 2.75) is 199 Å². The fourth-order valence-electron chi connectivity index (χ4n) is 5.42. The Bertz CT molecular complexity index is 657. The van der Waals surface area contributed by atoms with E-state index in [9.17, 15) is 15.0 Å². The standard InChI is InChI=1S/C39H73NO3/c1-3-5-7-9-11-13-15-16-17-18-19-20-21-22-23-24-25-27-29-31-33-35-39(43)40-37(36-41)38(42)34-32-30-28-26-14-12-10-8-6-4-2/h14,16-17,26,32,34,37-38,41-42H,3-13,15,18-25,27-31,33,35-36H2,1-2H3,(H,40,43)/b17-16+,26-14+,34-32+/t37-,38+/m0/s1. The van der Waals surface area contributed by atoms with Crippen LogP contribution in [0.2, 0.25) is 0 Å². The van der Waals surface area contributed by atoms with E-state index >= 15 is 0 Å². The van der Waals surface area contributed by atoms with Crippen LogP contribution < -0.4 is 5.32 Å². The monoisotopic (exact) mass is 604 g/mol. The molecule has 0 fully saturated rings. The Morgan fingerprint density at radius 3 is 1.37 bits per heavy atom. The Labute approximate surface area is 268 Å². The molecule has 0 aliphatic rings. The van der Waals surface area contributed by atoms with E-state index in [2.05, 4.69) is 43.5 Å². The molecule has 4 nitrogen and oxygen atoms in total. The molecule has 3 N–H and O–H groups in total. The molecule has 0 aromatic rings. The maximum atomic E-state index is 12.3. The number of carbonyl (C=O) groups excluding carboxylic acids is 1. The Kier molecular flexibility index (Phi) is 34.0. The zero-order valence-corrected chi connectivity index (χ0v) is 28.7. The Balaban J connectivity index is 3.58. The molecule has 0 aromatic carbocycles. The topological polar surface area (TPSA) is 69.6 Å². The van der Waals surface area contributed by atoms with Gasteiger partial charge in [-0.1, -0.05) is 159 Å². The van der Waals surface area contributed by atoms with Crippen molar-refractivity contribution in [1.29, 1.82) is 0 Å². The van der Waals surface area contributed by atoms with Gasteiger partial charge in [-0.15, -0.1) is 0 Å². The highest BCUT2D eigenvalue weighted by Crippen LogP contribution is 2.13. The van der Waals surface area contributed by atoms with Crippen molar-refractivity contribution < 1.29 is 15.0 Å². The lowest BCUT2D eigenvalue weighted by atomic mass is 10.0. The van der Waals surface area contributed by atoms with Gasteiger partial charge in [0.05, 0.1) is 18.8 Å². The quantitative estimate of drug-likeness (QED) is 0.0516. The van der Waals surface area contributed by atoms with Gasteiger partial charge in [-0.25, -0.2) is 0 Å². The highest BCUT2D eigenvalue weighted by molar-refractivity contribution is 5.76. The van der Waals surface area contributed by atoms with E-state index in [0.29, 0.717) is 6.42 Å². The molecule has 0 unspecified atom stereocenters.